The molecule has 0 radical (unpaired) electrons. The SMILES string of the molecule is Cc1cc(Sc2ccc(N)cc2)ncc1Br. The number of nitrogens with zero attached hydrogens (tertiary/aromatic N) is 1. The number of aromatic nitrogens is 1. The van der Waals surface area contributed by atoms with E-state index < -0.39 is 0 Å². The van der Waals surface area contributed by atoms with Crippen LogP contribution >= 0.6 is 27.7 Å². The van der Waals surface area contributed by atoms with Crippen molar-refractivity contribution in [2.75, 3.05) is 5.73 Å². The van der Waals surface area contributed by atoms with E-state index >= 15 is 0 Å². The third-order valence-corrected chi connectivity index (χ3v) is 3.89. The number of nitrogen functional groups attached to an aromatic ring is 1. The maximum Gasteiger partial charge on any atom is 0.101 e. The van der Waals surface area contributed by atoms with Crippen molar-refractivity contribution in [1.82, 2.24) is 4.98 Å². The molecule has 1 aromatic carbocycles. The average molecular weight is 295 g/mol. The highest BCUT2D eigenvalue weighted by molar-refractivity contribution is 9.10. The van der Waals surface area contributed by atoms with Gasteiger partial charge in [0.1, 0.15) is 5.03 Å². The first kappa shape index (κ1) is 11.5. The van der Waals surface area contributed by atoms with E-state index in [1.165, 1.54) is 5.56 Å². The van der Waals surface area contributed by atoms with E-state index in [1.54, 1.807) is 11.8 Å². The van der Waals surface area contributed by atoms with Crippen LogP contribution in [0.5, 0.6) is 0 Å². The summed E-state index contributed by atoms with van der Waals surface area (Å²) in [5.41, 5.74) is 7.60. The van der Waals surface area contributed by atoms with Crippen molar-refractivity contribution in [2.24, 2.45) is 0 Å². The van der Waals surface area contributed by atoms with Crippen molar-refractivity contribution in [3.63, 3.8) is 0 Å². The van der Waals surface area contributed by atoms with Crippen LogP contribution in [0, 0.1) is 6.92 Å². The van der Waals surface area contributed by atoms with Gasteiger partial charge in [0, 0.05) is 21.3 Å². The van der Waals surface area contributed by atoms with E-state index in [-0.39, 0.29) is 0 Å². The molecule has 1 aromatic heterocycles. The summed E-state index contributed by atoms with van der Waals surface area (Å²) in [7, 11) is 0. The van der Waals surface area contributed by atoms with Gasteiger partial charge in [-0.05, 0) is 58.7 Å². The minimum atomic E-state index is 0.782. The van der Waals surface area contributed by atoms with Crippen LogP contribution in [0.25, 0.3) is 0 Å². The lowest BCUT2D eigenvalue weighted by Gasteiger charge is -2.03. The van der Waals surface area contributed by atoms with Crippen LogP contribution in [0.3, 0.4) is 0 Å². The Hall–Kier alpha value is -1.00. The van der Waals surface area contributed by atoms with Crippen molar-refractivity contribution in [3.8, 4) is 0 Å². The van der Waals surface area contributed by atoms with Crippen molar-refractivity contribution >= 4 is 33.4 Å². The highest BCUT2D eigenvalue weighted by atomic mass is 79.9. The van der Waals surface area contributed by atoms with Crippen molar-refractivity contribution < 1.29 is 0 Å². The van der Waals surface area contributed by atoms with Crippen LogP contribution in [-0.4, -0.2) is 4.98 Å². The van der Waals surface area contributed by atoms with Crippen LogP contribution in [0.15, 0.2) is 50.9 Å². The maximum atomic E-state index is 5.63. The molecule has 1 heterocycles. The van der Waals surface area contributed by atoms with E-state index in [0.29, 0.717) is 0 Å². The molecule has 2 rings (SSSR count). The molecule has 2 nitrogen and oxygen atoms in total. The summed E-state index contributed by atoms with van der Waals surface area (Å²) in [5.74, 6) is 0. The molecule has 4 heteroatoms. The first-order valence-corrected chi connectivity index (χ1v) is 6.41. The second-order valence-electron chi connectivity index (χ2n) is 3.44. The zero-order valence-electron chi connectivity index (χ0n) is 8.77. The molecule has 2 aromatic rings. The zero-order valence-corrected chi connectivity index (χ0v) is 11.2. The van der Waals surface area contributed by atoms with Crippen molar-refractivity contribution in [1.29, 1.82) is 0 Å². The van der Waals surface area contributed by atoms with Crippen LogP contribution in [-0.2, 0) is 0 Å². The van der Waals surface area contributed by atoms with Gasteiger partial charge in [-0.25, -0.2) is 4.98 Å². The molecule has 0 saturated carbocycles. The second-order valence-corrected chi connectivity index (χ2v) is 5.39. The monoisotopic (exact) mass is 294 g/mol. The normalized spacial score (nSPS) is 10.4. The summed E-state index contributed by atoms with van der Waals surface area (Å²) in [4.78, 5) is 5.48. The van der Waals surface area contributed by atoms with E-state index in [4.69, 9.17) is 5.73 Å². The molecule has 0 amide bonds. The molecule has 0 unspecified atom stereocenters. The minimum Gasteiger partial charge on any atom is -0.399 e. The Morgan fingerprint density at radius 3 is 2.56 bits per heavy atom. The highest BCUT2D eigenvalue weighted by Crippen LogP contribution is 2.28. The predicted octanol–water partition coefficient (Wildman–Crippen LogP) is 3.89. The third-order valence-electron chi connectivity index (χ3n) is 2.12. The Morgan fingerprint density at radius 2 is 1.94 bits per heavy atom. The van der Waals surface area contributed by atoms with Gasteiger partial charge in [0.15, 0.2) is 0 Å². The molecule has 0 spiro atoms. The summed E-state index contributed by atoms with van der Waals surface area (Å²) in [6, 6.07) is 9.85. The maximum absolute atomic E-state index is 5.63. The number of benzene rings is 1. The van der Waals surface area contributed by atoms with Crippen molar-refractivity contribution in [2.45, 2.75) is 16.8 Å². The summed E-state index contributed by atoms with van der Waals surface area (Å²) in [6.45, 7) is 2.05. The highest BCUT2D eigenvalue weighted by Gasteiger charge is 2.01. The minimum absolute atomic E-state index is 0.782. The lowest BCUT2D eigenvalue weighted by atomic mass is 10.3. The van der Waals surface area contributed by atoms with Gasteiger partial charge < -0.3 is 5.73 Å². The molecule has 2 N–H and O–H groups in total. The van der Waals surface area contributed by atoms with Gasteiger partial charge in [-0.15, -0.1) is 0 Å². The average Bonchev–Trinajstić information content (AvgIpc) is 2.27. The number of nitrogens with two attached hydrogens (primary N) is 1. The Kier molecular flexibility index (Phi) is 3.51. The molecule has 82 valence electrons. The molecule has 0 fully saturated rings. The zero-order chi connectivity index (χ0) is 11.5. The molecule has 0 aliphatic heterocycles. The summed E-state index contributed by atoms with van der Waals surface area (Å²) in [5, 5.41) is 0.991. The number of pyridine rings is 1. The van der Waals surface area contributed by atoms with Gasteiger partial charge in [-0.1, -0.05) is 11.8 Å². The largest absolute Gasteiger partial charge is 0.399 e. The molecule has 0 aliphatic carbocycles. The Morgan fingerprint density at radius 1 is 1.25 bits per heavy atom. The summed E-state index contributed by atoms with van der Waals surface area (Å²) < 4.78 is 1.04. The van der Waals surface area contributed by atoms with Gasteiger partial charge in [0.05, 0.1) is 0 Å². The van der Waals surface area contributed by atoms with Gasteiger partial charge >= 0.3 is 0 Å². The lowest BCUT2D eigenvalue weighted by Crippen LogP contribution is -1.85. The van der Waals surface area contributed by atoms with Crippen LogP contribution in [0.1, 0.15) is 5.56 Å². The third kappa shape index (κ3) is 2.77. The summed E-state index contributed by atoms with van der Waals surface area (Å²) in [6.07, 6.45) is 1.83. The first-order valence-electron chi connectivity index (χ1n) is 4.81. The Bertz CT molecular complexity index is 497. The van der Waals surface area contributed by atoms with Gasteiger partial charge in [-0.2, -0.15) is 0 Å². The molecular weight excluding hydrogens is 284 g/mol. The van der Waals surface area contributed by atoms with Crippen LogP contribution in [0.2, 0.25) is 0 Å². The van der Waals surface area contributed by atoms with Gasteiger partial charge in [0.2, 0.25) is 0 Å². The van der Waals surface area contributed by atoms with Crippen molar-refractivity contribution in [3.05, 3.63) is 46.6 Å². The quantitative estimate of drug-likeness (QED) is 0.854. The molecular formula is C12H11BrN2S. The number of rotatable bonds is 2. The topological polar surface area (TPSA) is 38.9 Å². The number of aryl methyl sites for hydroxylation is 1. The molecule has 0 aliphatic rings. The smallest absolute Gasteiger partial charge is 0.101 e. The molecule has 0 saturated heterocycles. The van der Waals surface area contributed by atoms with Crippen LogP contribution in [0.4, 0.5) is 5.69 Å². The fourth-order valence-electron chi connectivity index (χ4n) is 1.23. The standard InChI is InChI=1S/C12H11BrN2S/c1-8-6-12(15-7-11(8)13)16-10-4-2-9(14)3-5-10/h2-7H,14H2,1H3. The van der Waals surface area contributed by atoms with E-state index in [2.05, 4.69) is 33.9 Å². The lowest BCUT2D eigenvalue weighted by molar-refractivity contribution is 1.10. The number of hydrogen-bond donors (Lipinski definition) is 1. The Balaban J connectivity index is 2.20. The fraction of sp³-hybridized carbons (Fsp3) is 0.0833. The van der Waals surface area contributed by atoms with Gasteiger partial charge in [0.25, 0.3) is 0 Å². The van der Waals surface area contributed by atoms with E-state index in [9.17, 15) is 0 Å². The van der Waals surface area contributed by atoms with E-state index in [0.717, 1.165) is 20.1 Å². The molecule has 0 bridgehead atoms. The second kappa shape index (κ2) is 4.89. The van der Waals surface area contributed by atoms with Gasteiger partial charge in [-0.3, -0.25) is 0 Å². The number of hydrogen-bond acceptors (Lipinski definition) is 3. The Labute approximate surface area is 107 Å². The summed E-state index contributed by atoms with van der Waals surface area (Å²) >= 11 is 5.07. The van der Waals surface area contributed by atoms with Crippen LogP contribution < -0.4 is 5.73 Å². The number of halogens is 1. The number of anilines is 1. The molecule has 16 heavy (non-hydrogen) atoms. The van der Waals surface area contributed by atoms with E-state index in [1.807, 2.05) is 30.5 Å². The predicted molar refractivity (Wildman–Crippen MR) is 71.7 cm³/mol. The fourth-order valence-corrected chi connectivity index (χ4v) is 2.30. The first-order chi connectivity index (χ1) is 7.65. The molecule has 0 atom stereocenters.